The Hall–Kier alpha value is -0.351. The molecule has 0 aromatic heterocycles. The third kappa shape index (κ3) is 7.57. The maximum absolute atomic E-state index is 6.56. The molecule has 194 valence electrons. The Bertz CT molecular complexity index is 831. The Morgan fingerprint density at radius 1 is 0.971 bits per heavy atom. The molecule has 0 atom stereocenters. The van der Waals surface area contributed by atoms with E-state index >= 15 is 0 Å². The van der Waals surface area contributed by atoms with Gasteiger partial charge in [0.05, 0.1) is 17.8 Å². The van der Waals surface area contributed by atoms with Crippen molar-refractivity contribution in [2.24, 2.45) is 0 Å². The van der Waals surface area contributed by atoms with E-state index < -0.39 is 34.7 Å². The minimum absolute atomic E-state index is 0.0968. The molecule has 0 radical (unpaired) electrons. The van der Waals surface area contributed by atoms with E-state index in [4.69, 9.17) is 34.8 Å². The smallest absolute Gasteiger partial charge is 0.468 e. The second kappa shape index (κ2) is 10.6. The van der Waals surface area contributed by atoms with Gasteiger partial charge in [0.25, 0.3) is 0 Å². The molecule has 0 unspecified atom stereocenters. The molecule has 0 aliphatic carbocycles. The fourth-order valence-electron chi connectivity index (χ4n) is 3.13. The average molecular weight is 529 g/mol. The van der Waals surface area contributed by atoms with Crippen molar-refractivity contribution >= 4 is 40.6 Å². The maximum atomic E-state index is 6.56. The lowest BCUT2D eigenvalue weighted by Gasteiger charge is -2.36. The van der Waals surface area contributed by atoms with Gasteiger partial charge in [0, 0.05) is 25.2 Å². The maximum Gasteiger partial charge on any atom is 0.499 e. The van der Waals surface area contributed by atoms with Crippen molar-refractivity contribution in [1.29, 1.82) is 0 Å². The van der Waals surface area contributed by atoms with E-state index in [9.17, 15) is 0 Å². The van der Waals surface area contributed by atoms with Crippen LogP contribution in [0.1, 0.15) is 54.0 Å². The number of benzene rings is 1. The zero-order valence-electron chi connectivity index (χ0n) is 23.5. The van der Waals surface area contributed by atoms with Crippen LogP contribution >= 0.6 is 11.6 Å². The highest BCUT2D eigenvalue weighted by Crippen LogP contribution is 2.39. The largest absolute Gasteiger partial charge is 0.499 e. The van der Waals surface area contributed by atoms with Crippen LogP contribution in [0, 0.1) is 0 Å². The topological polar surface area (TPSA) is 46.2 Å². The van der Waals surface area contributed by atoms with Gasteiger partial charge in [-0.15, -0.1) is 0 Å². The highest BCUT2D eigenvalue weighted by Gasteiger charge is 2.53. The third-order valence-electron chi connectivity index (χ3n) is 7.37. The molecule has 1 saturated heterocycles. The van der Waals surface area contributed by atoms with Crippen LogP contribution in [0.25, 0.3) is 0 Å². The zero-order valence-corrected chi connectivity index (χ0v) is 26.2. The van der Waals surface area contributed by atoms with Crippen LogP contribution in [0.2, 0.25) is 48.8 Å². The van der Waals surface area contributed by atoms with E-state index in [-0.39, 0.29) is 11.8 Å². The summed E-state index contributed by atoms with van der Waals surface area (Å²) in [6.45, 7) is 27.7. The van der Waals surface area contributed by atoms with Crippen LogP contribution in [0.5, 0.6) is 5.75 Å². The fraction of sp³-hybridized carbons (Fsp3) is 0.760. The molecule has 9 heteroatoms. The summed E-state index contributed by atoms with van der Waals surface area (Å²) in [5.41, 5.74) is 0.809. The van der Waals surface area contributed by atoms with Crippen molar-refractivity contribution in [3.05, 3.63) is 22.7 Å². The Morgan fingerprint density at radius 3 is 2.03 bits per heavy atom. The van der Waals surface area contributed by atoms with Gasteiger partial charge in [-0.1, -0.05) is 52.0 Å². The molecule has 0 saturated carbocycles. The van der Waals surface area contributed by atoms with Crippen LogP contribution in [0.15, 0.2) is 12.1 Å². The van der Waals surface area contributed by atoms with Crippen LogP contribution in [0.3, 0.4) is 0 Å². The fourth-order valence-corrected chi connectivity index (χ4v) is 5.07. The molecular formula is C25H46BClO5Si2. The van der Waals surface area contributed by atoms with Crippen molar-refractivity contribution in [3.8, 4) is 5.75 Å². The monoisotopic (exact) mass is 528 g/mol. The van der Waals surface area contributed by atoms with Crippen LogP contribution in [-0.2, 0) is 25.1 Å². The summed E-state index contributed by atoms with van der Waals surface area (Å²) in [5, 5.41) is 0.686. The van der Waals surface area contributed by atoms with Gasteiger partial charge in [0.1, 0.15) is 5.75 Å². The highest BCUT2D eigenvalue weighted by molar-refractivity contribution is 6.76. The number of ether oxygens (including phenoxy) is 2. The molecule has 1 aromatic rings. The molecule has 34 heavy (non-hydrogen) atoms. The molecule has 0 bridgehead atoms. The van der Waals surface area contributed by atoms with Gasteiger partial charge in [-0.05, 0) is 69.6 Å². The van der Waals surface area contributed by atoms with Gasteiger partial charge >= 0.3 is 7.12 Å². The first kappa shape index (κ1) is 29.9. The van der Waals surface area contributed by atoms with Gasteiger partial charge in [-0.3, -0.25) is 0 Å². The van der Waals surface area contributed by atoms with Crippen LogP contribution in [0.4, 0.5) is 0 Å². The number of hydrogen-bond donors (Lipinski definition) is 0. The second-order valence-corrected chi connectivity index (χ2v) is 24.0. The molecule has 1 aliphatic heterocycles. The van der Waals surface area contributed by atoms with E-state index in [0.29, 0.717) is 24.0 Å². The van der Waals surface area contributed by atoms with E-state index in [2.05, 4.69) is 81.2 Å². The summed E-state index contributed by atoms with van der Waals surface area (Å²) in [7, 11) is -3.74. The standard InChI is InChI=1S/C25H46BClO5Si2/c1-23(2,3)34(11,12)30-17-19-15-20(27)16-21(29-18-28-13-14-33(8,9)10)22(19)26-31-24(4,5)25(6,7)32-26/h15-16H,13-14,17-18H2,1-12H3. The SMILES string of the molecule is CC1(C)OB(c2c(CO[Si](C)(C)C(C)(C)C)cc(Cl)cc2OCOCC[Si](C)(C)C)OC1(C)C. The molecule has 0 N–H and O–H groups in total. The third-order valence-corrected chi connectivity index (χ3v) is 13.8. The van der Waals surface area contributed by atoms with Gasteiger partial charge in [-0.25, -0.2) is 0 Å². The lowest BCUT2D eigenvalue weighted by atomic mass is 9.75. The predicted molar refractivity (Wildman–Crippen MR) is 149 cm³/mol. The average Bonchev–Trinajstić information content (AvgIpc) is 2.84. The summed E-state index contributed by atoms with van der Waals surface area (Å²) in [5.74, 6) is 0.618. The van der Waals surface area contributed by atoms with Crippen molar-refractivity contribution < 1.29 is 23.2 Å². The first-order chi connectivity index (χ1) is 15.3. The normalized spacial score (nSPS) is 18.4. The number of hydrogen-bond acceptors (Lipinski definition) is 5. The lowest BCUT2D eigenvalue weighted by molar-refractivity contribution is 0.00578. The molecule has 5 nitrogen and oxygen atoms in total. The van der Waals surface area contributed by atoms with Crippen LogP contribution in [-0.4, -0.2) is 48.1 Å². The predicted octanol–water partition coefficient (Wildman–Crippen LogP) is 6.85. The second-order valence-electron chi connectivity index (χ2n) is 13.1. The quantitative estimate of drug-likeness (QED) is 0.189. The minimum Gasteiger partial charge on any atom is -0.468 e. The molecule has 0 amide bonds. The van der Waals surface area contributed by atoms with Gasteiger partial charge < -0.3 is 23.2 Å². The number of halogens is 1. The van der Waals surface area contributed by atoms with Gasteiger partial charge in [-0.2, -0.15) is 0 Å². The summed E-state index contributed by atoms with van der Waals surface area (Å²) in [6.07, 6.45) is 0. The molecule has 0 spiro atoms. The zero-order chi connectivity index (χ0) is 26.2. The van der Waals surface area contributed by atoms with Crippen molar-refractivity contribution in [1.82, 2.24) is 0 Å². The highest BCUT2D eigenvalue weighted by atomic mass is 35.5. The molecule has 1 aromatic carbocycles. The Kier molecular flexibility index (Phi) is 9.28. The summed E-state index contributed by atoms with van der Waals surface area (Å²) < 4.78 is 31.3. The first-order valence-electron chi connectivity index (χ1n) is 12.3. The molecule has 1 aliphatic rings. The number of rotatable bonds is 10. The molecule has 1 heterocycles. The minimum atomic E-state index is -1.98. The Morgan fingerprint density at radius 2 is 1.53 bits per heavy atom. The van der Waals surface area contributed by atoms with E-state index in [1.807, 2.05) is 12.1 Å². The summed E-state index contributed by atoms with van der Waals surface area (Å²) in [6, 6.07) is 4.84. The molecule has 1 fully saturated rings. The van der Waals surface area contributed by atoms with Crippen molar-refractivity contribution in [2.45, 2.75) is 110 Å². The summed E-state index contributed by atoms with van der Waals surface area (Å²) >= 11 is 6.54. The van der Waals surface area contributed by atoms with Crippen molar-refractivity contribution in [3.63, 3.8) is 0 Å². The van der Waals surface area contributed by atoms with E-state index in [1.165, 1.54) is 0 Å². The Balaban J connectivity index is 2.35. The molecular weight excluding hydrogens is 483 g/mol. The van der Waals surface area contributed by atoms with E-state index in [0.717, 1.165) is 17.1 Å². The lowest BCUT2D eigenvalue weighted by Crippen LogP contribution is -2.42. The van der Waals surface area contributed by atoms with Gasteiger partial charge in [0.2, 0.25) is 0 Å². The van der Waals surface area contributed by atoms with E-state index in [1.54, 1.807) is 0 Å². The Labute approximate surface area is 215 Å². The summed E-state index contributed by atoms with van der Waals surface area (Å²) in [4.78, 5) is 0. The first-order valence-corrected chi connectivity index (χ1v) is 19.3. The van der Waals surface area contributed by atoms with Crippen LogP contribution < -0.4 is 10.2 Å². The van der Waals surface area contributed by atoms with Crippen molar-refractivity contribution in [2.75, 3.05) is 13.4 Å². The van der Waals surface area contributed by atoms with Gasteiger partial charge in [0.15, 0.2) is 15.1 Å². The molecule has 2 rings (SSSR count).